The van der Waals surface area contributed by atoms with E-state index in [9.17, 15) is 74.6 Å². The Morgan fingerprint density at radius 1 is 0.206 bits per heavy atom. The van der Waals surface area contributed by atoms with Crippen molar-refractivity contribution in [3.63, 3.8) is 0 Å². The van der Waals surface area contributed by atoms with Crippen LogP contribution in [0.25, 0.3) is 0 Å². The summed E-state index contributed by atoms with van der Waals surface area (Å²) in [6.45, 7) is 1.75. The zero-order chi connectivity index (χ0) is 68.8. The molecule has 0 atom stereocenters. The normalized spacial score (nSPS) is 13.9. The second-order valence-electron chi connectivity index (χ2n) is 21.8. The van der Waals surface area contributed by atoms with Gasteiger partial charge in [0.2, 0.25) is 0 Å². The molecule has 27 heteroatoms. The van der Waals surface area contributed by atoms with Crippen molar-refractivity contribution in [2.75, 3.05) is 58.2 Å². The molecule has 0 unspecified atom stereocenters. The molecule has 15 rings (SSSR count). The van der Waals surface area contributed by atoms with Gasteiger partial charge in [-0.2, -0.15) is 0 Å². The van der Waals surface area contributed by atoms with Crippen LogP contribution in [0.3, 0.4) is 0 Å². The van der Waals surface area contributed by atoms with Crippen LogP contribution in [0, 0.1) is 98.9 Å². The van der Waals surface area contributed by atoms with E-state index in [-0.39, 0.29) is 87.0 Å². The van der Waals surface area contributed by atoms with E-state index in [0.29, 0.717) is 88.3 Å². The smallest absolute Gasteiger partial charge is 0.162 e. The number of hydrogen-bond donors (Lipinski definition) is 0. The van der Waals surface area contributed by atoms with Gasteiger partial charge in [-0.3, -0.25) is 0 Å². The molecule has 5 aliphatic rings. The molecule has 97 heavy (non-hydrogen) atoms. The molecule has 0 saturated heterocycles. The fourth-order valence-electron chi connectivity index (χ4n) is 10.5. The van der Waals surface area contributed by atoms with Crippen molar-refractivity contribution in [1.82, 2.24) is 0 Å². The Kier molecular flexibility index (Phi) is 20.4. The molecule has 10 nitrogen and oxygen atoms in total. The number of benzene rings is 10. The van der Waals surface area contributed by atoms with Gasteiger partial charge >= 0.3 is 0 Å². The topological polar surface area (TPSA) is 62.3 Å². The number of nitrogens with zero attached hydrogens (tertiary/aromatic N) is 5. The largest absolute Gasteiger partial charge is 0.473 e. The van der Waals surface area contributed by atoms with Crippen molar-refractivity contribution in [2.24, 2.45) is 0 Å². The van der Waals surface area contributed by atoms with Gasteiger partial charge in [-0.25, -0.2) is 74.6 Å². The van der Waals surface area contributed by atoms with Gasteiger partial charge in [-0.15, -0.1) is 0 Å². The molecule has 0 aromatic heterocycles. The van der Waals surface area contributed by atoms with Gasteiger partial charge in [0.1, 0.15) is 86.8 Å². The molecule has 5 heterocycles. The van der Waals surface area contributed by atoms with Crippen LogP contribution in [-0.2, 0) is 32.7 Å². The van der Waals surface area contributed by atoms with E-state index in [1.54, 1.807) is 39.0 Å². The lowest BCUT2D eigenvalue weighted by Crippen LogP contribution is -2.33. The van der Waals surface area contributed by atoms with Gasteiger partial charge in [-0.1, -0.05) is 0 Å². The number of ether oxygens (including phenoxy) is 5. The third-order valence-corrected chi connectivity index (χ3v) is 15.2. The summed E-state index contributed by atoms with van der Waals surface area (Å²) < 4.78 is 251. The number of hydrogen-bond acceptors (Lipinski definition) is 10. The minimum absolute atomic E-state index is 0.0272. The molecule has 0 bridgehead atoms. The highest BCUT2D eigenvalue weighted by molar-refractivity contribution is 5.56. The lowest BCUT2D eigenvalue weighted by molar-refractivity contribution is 0.284. The van der Waals surface area contributed by atoms with Crippen LogP contribution in [0.1, 0.15) is 27.8 Å². The SMILES string of the molecule is Fc1cc(F)c(N2COc3ccc(F)cc3C2)c(F)c1.Fc1ccc(N2COc3cc(F)c(F)cc3C2)c(F)c1.Fc1ccc(N2COc3cc(F)c(F)cc3C2)cc1.Fc1ccc(N2COc3ccc(F)cc3C2)c(F)c1.Fc1ccc2c(c1)CN(c1ccc(F)c(F)c1)CO2. The summed E-state index contributed by atoms with van der Waals surface area (Å²) in [7, 11) is 0. The molecular weight excluding hydrogens is 1310 g/mol. The van der Waals surface area contributed by atoms with E-state index in [4.69, 9.17) is 23.7 Å². The Morgan fingerprint density at radius 2 is 0.515 bits per heavy atom. The third kappa shape index (κ3) is 16.2. The van der Waals surface area contributed by atoms with Crippen LogP contribution in [0.4, 0.5) is 103 Å². The van der Waals surface area contributed by atoms with Crippen LogP contribution >= 0.6 is 0 Å². The average molecular weight is 1360 g/mol. The predicted octanol–water partition coefficient (Wildman–Crippen LogP) is 17.6. The molecule has 0 aliphatic carbocycles. The molecule has 5 aliphatic heterocycles. The minimum atomic E-state index is -1.02. The van der Waals surface area contributed by atoms with Gasteiger partial charge < -0.3 is 48.2 Å². The maximum Gasteiger partial charge on any atom is 0.162 e. The van der Waals surface area contributed by atoms with Crippen LogP contribution in [0.2, 0.25) is 0 Å². The van der Waals surface area contributed by atoms with Crippen molar-refractivity contribution in [3.8, 4) is 28.7 Å². The second kappa shape index (κ2) is 29.3. The average Bonchev–Trinajstić information content (AvgIpc) is 0.882. The molecule has 0 N–H and O–H groups in total. The Hall–Kier alpha value is -11.0. The molecule has 0 amide bonds. The fraction of sp³-hybridized carbons (Fsp3) is 0.143. The van der Waals surface area contributed by atoms with Crippen LogP contribution < -0.4 is 48.2 Å². The Labute approximate surface area is 541 Å². The highest BCUT2D eigenvalue weighted by Gasteiger charge is 2.28. The van der Waals surface area contributed by atoms with Gasteiger partial charge in [-0.05, 0) is 127 Å². The summed E-state index contributed by atoms with van der Waals surface area (Å²) in [6.07, 6.45) is 0. The highest BCUT2D eigenvalue weighted by atomic mass is 19.2. The van der Waals surface area contributed by atoms with Crippen LogP contribution in [0.15, 0.2) is 170 Å². The van der Waals surface area contributed by atoms with Crippen molar-refractivity contribution < 1.29 is 98.3 Å². The van der Waals surface area contributed by atoms with Gasteiger partial charge in [0, 0.05) is 94.7 Å². The quantitative estimate of drug-likeness (QED) is 0.156. The summed E-state index contributed by atoms with van der Waals surface area (Å²) in [5, 5.41) is 0. The van der Waals surface area contributed by atoms with Crippen LogP contribution in [-0.4, -0.2) is 33.7 Å². The van der Waals surface area contributed by atoms with Crippen molar-refractivity contribution in [1.29, 1.82) is 0 Å². The first-order chi connectivity index (χ1) is 46.5. The second-order valence-corrected chi connectivity index (χ2v) is 21.8. The zero-order valence-corrected chi connectivity index (χ0v) is 49.9. The predicted molar refractivity (Wildman–Crippen MR) is 322 cm³/mol. The summed E-state index contributed by atoms with van der Waals surface area (Å²) in [5.41, 5.74) is 3.99. The van der Waals surface area contributed by atoms with E-state index in [2.05, 4.69) is 0 Å². The van der Waals surface area contributed by atoms with Crippen molar-refractivity contribution in [3.05, 3.63) is 297 Å². The Morgan fingerprint density at radius 3 is 0.948 bits per heavy atom. The molecule has 10 aromatic rings. The highest BCUT2D eigenvalue weighted by Crippen LogP contribution is 2.37. The van der Waals surface area contributed by atoms with Gasteiger partial charge in [0.05, 0.1) is 31.0 Å². The monoisotopic (exact) mass is 1360 g/mol. The maximum absolute atomic E-state index is 13.7. The first-order valence-corrected chi connectivity index (χ1v) is 28.9. The molecule has 0 fully saturated rings. The fourth-order valence-corrected chi connectivity index (χ4v) is 10.5. The Balaban J connectivity index is 0.000000123. The molecule has 0 spiro atoms. The minimum Gasteiger partial charge on any atom is -0.473 e. The van der Waals surface area contributed by atoms with E-state index in [1.165, 1.54) is 88.7 Å². The van der Waals surface area contributed by atoms with Crippen LogP contribution in [0.5, 0.6) is 28.7 Å². The number of rotatable bonds is 5. The first kappa shape index (κ1) is 67.4. The van der Waals surface area contributed by atoms with Gasteiger partial charge in [0.15, 0.2) is 80.2 Å². The number of fused-ring (bicyclic) bond motifs is 5. The van der Waals surface area contributed by atoms with E-state index < -0.39 is 81.4 Å². The summed E-state index contributed by atoms with van der Waals surface area (Å²) >= 11 is 0. The van der Waals surface area contributed by atoms with E-state index in [0.717, 1.165) is 60.3 Å². The summed E-state index contributed by atoms with van der Waals surface area (Å²) in [6, 6.07) is 33.8. The summed E-state index contributed by atoms with van der Waals surface area (Å²) in [4.78, 5) is 7.79. The third-order valence-electron chi connectivity index (χ3n) is 15.2. The number of anilines is 5. The molecule has 10 aromatic carbocycles. The number of halogens is 17. The Bertz CT molecular complexity index is 4520. The molecular formula is C70H48F17N5O5. The van der Waals surface area contributed by atoms with Crippen molar-refractivity contribution in [2.45, 2.75) is 32.7 Å². The van der Waals surface area contributed by atoms with Gasteiger partial charge in [0.25, 0.3) is 0 Å². The first-order valence-electron chi connectivity index (χ1n) is 28.9. The standard InChI is InChI=1S/2C14H9F4NO.3C14H10F3NO/c15-9-1-2-13(12(18)4-9)19-6-8-3-10(16)11(17)5-14(8)20-7-19;15-9-1-2-13-8(3-9)6-19(7-20-13)14-11(17)4-10(16)5-12(14)18;15-10-1-4-14-9(5-10)7-18(8-19-14)11-2-3-12(16)13(17)6-11;15-10-2-4-14-9(5-10)7-18(8-19-14)13-3-1-11(16)6-12(13)17;15-10-1-3-11(4-2-10)18-7-9-5-12(16)13(17)6-14(9)19-8-18/h2*1-5H,6-7H2;3*1-6H,7-8H2. The lowest BCUT2D eigenvalue weighted by atomic mass is 10.1. The van der Waals surface area contributed by atoms with E-state index in [1.807, 2.05) is 0 Å². The zero-order valence-electron chi connectivity index (χ0n) is 49.9. The summed E-state index contributed by atoms with van der Waals surface area (Å²) in [5.74, 6) is -10.7. The maximum atomic E-state index is 13.7. The van der Waals surface area contributed by atoms with Crippen molar-refractivity contribution >= 4 is 28.4 Å². The lowest BCUT2D eigenvalue weighted by Gasteiger charge is -2.31. The molecule has 0 saturated carbocycles. The molecule has 0 radical (unpaired) electrons. The van der Waals surface area contributed by atoms with E-state index >= 15 is 0 Å². The molecule has 502 valence electrons.